The molecule has 0 heterocycles. The minimum absolute atomic E-state index is 0.127. The molecule has 0 aliphatic rings. The Balaban J connectivity index is 2.67. The molecule has 6 nitrogen and oxygen atoms in total. The second-order valence-electron chi connectivity index (χ2n) is 4.00. The van der Waals surface area contributed by atoms with Gasteiger partial charge in [-0.1, -0.05) is 0 Å². The molecule has 18 heavy (non-hydrogen) atoms. The monoisotopic (exact) mass is 254 g/mol. The molecular weight excluding hydrogens is 236 g/mol. The van der Waals surface area contributed by atoms with Crippen molar-refractivity contribution >= 4 is 5.91 Å². The Labute approximate surface area is 105 Å². The van der Waals surface area contributed by atoms with Crippen LogP contribution >= 0.6 is 0 Å². The Bertz CT molecular complexity index is 421. The fraction of sp³-hybridized carbons (Fsp3) is 0.417. The van der Waals surface area contributed by atoms with Crippen molar-refractivity contribution in [1.82, 2.24) is 5.32 Å². The molecule has 1 amide bonds. The van der Waals surface area contributed by atoms with Crippen molar-refractivity contribution in [3.8, 4) is 11.5 Å². The maximum Gasteiger partial charge on any atom is 0.255 e. The third kappa shape index (κ3) is 3.61. The van der Waals surface area contributed by atoms with E-state index in [-0.39, 0.29) is 17.9 Å². The van der Waals surface area contributed by atoms with Crippen molar-refractivity contribution in [3.05, 3.63) is 23.8 Å². The average Bonchev–Trinajstić information content (AvgIpc) is 2.34. The number of aromatic hydroxyl groups is 1. The molecule has 1 rings (SSSR count). The van der Waals surface area contributed by atoms with Gasteiger partial charge in [-0.15, -0.1) is 0 Å². The number of methoxy groups -OCH3 is 1. The molecule has 0 spiro atoms. The number of aliphatic hydroxyl groups excluding tert-OH is 1. The van der Waals surface area contributed by atoms with Crippen LogP contribution in [0.3, 0.4) is 0 Å². The zero-order valence-electron chi connectivity index (χ0n) is 10.4. The van der Waals surface area contributed by atoms with Crippen LogP contribution < -0.4 is 15.8 Å². The molecule has 0 fully saturated rings. The molecule has 0 bridgehead atoms. The van der Waals surface area contributed by atoms with Crippen LogP contribution in [-0.4, -0.2) is 41.9 Å². The van der Waals surface area contributed by atoms with Gasteiger partial charge in [0, 0.05) is 18.7 Å². The topological polar surface area (TPSA) is 105 Å². The first-order chi connectivity index (χ1) is 8.45. The minimum atomic E-state index is -0.713. The molecule has 2 unspecified atom stereocenters. The van der Waals surface area contributed by atoms with E-state index in [9.17, 15) is 15.0 Å². The van der Waals surface area contributed by atoms with Crippen LogP contribution in [0.2, 0.25) is 0 Å². The number of hydrogen-bond acceptors (Lipinski definition) is 5. The summed E-state index contributed by atoms with van der Waals surface area (Å²) in [4.78, 5) is 11.7. The van der Waals surface area contributed by atoms with Gasteiger partial charge in [0.1, 0.15) is 11.5 Å². The highest BCUT2D eigenvalue weighted by Crippen LogP contribution is 2.23. The number of nitrogens with two attached hydrogens (primary N) is 1. The Morgan fingerprint density at radius 2 is 2.22 bits per heavy atom. The number of rotatable bonds is 5. The minimum Gasteiger partial charge on any atom is -0.507 e. The summed E-state index contributed by atoms with van der Waals surface area (Å²) in [6.07, 6.45) is -0.713. The third-order valence-electron chi connectivity index (χ3n) is 2.57. The largest absolute Gasteiger partial charge is 0.507 e. The van der Waals surface area contributed by atoms with E-state index in [1.807, 2.05) is 0 Å². The van der Waals surface area contributed by atoms with Crippen LogP contribution in [0.4, 0.5) is 0 Å². The van der Waals surface area contributed by atoms with Crippen molar-refractivity contribution in [3.63, 3.8) is 0 Å². The van der Waals surface area contributed by atoms with Gasteiger partial charge in [0.05, 0.1) is 18.8 Å². The van der Waals surface area contributed by atoms with Crippen molar-refractivity contribution in [2.24, 2.45) is 5.73 Å². The molecule has 1 aromatic carbocycles. The van der Waals surface area contributed by atoms with E-state index in [2.05, 4.69) is 5.32 Å². The van der Waals surface area contributed by atoms with E-state index in [0.717, 1.165) is 0 Å². The lowest BCUT2D eigenvalue weighted by atomic mass is 10.1. The summed E-state index contributed by atoms with van der Waals surface area (Å²) in [5.41, 5.74) is 5.71. The van der Waals surface area contributed by atoms with E-state index >= 15 is 0 Å². The smallest absolute Gasteiger partial charge is 0.255 e. The number of phenolic OH excluding ortho intramolecular Hbond substituents is 1. The highest BCUT2D eigenvalue weighted by molar-refractivity contribution is 5.97. The van der Waals surface area contributed by atoms with Crippen molar-refractivity contribution < 1.29 is 19.7 Å². The summed E-state index contributed by atoms with van der Waals surface area (Å²) < 4.78 is 4.91. The van der Waals surface area contributed by atoms with E-state index in [0.29, 0.717) is 5.75 Å². The third-order valence-corrected chi connectivity index (χ3v) is 2.57. The first-order valence-corrected chi connectivity index (χ1v) is 5.54. The second kappa shape index (κ2) is 6.23. The van der Waals surface area contributed by atoms with Gasteiger partial charge in [-0.3, -0.25) is 4.79 Å². The summed E-state index contributed by atoms with van der Waals surface area (Å²) >= 11 is 0. The molecule has 0 aromatic heterocycles. The molecule has 100 valence electrons. The Morgan fingerprint density at radius 1 is 1.56 bits per heavy atom. The van der Waals surface area contributed by atoms with Gasteiger partial charge in [0.25, 0.3) is 5.91 Å². The van der Waals surface area contributed by atoms with Gasteiger partial charge in [-0.05, 0) is 19.1 Å². The van der Waals surface area contributed by atoms with Crippen molar-refractivity contribution in [1.29, 1.82) is 0 Å². The van der Waals surface area contributed by atoms with Crippen LogP contribution in [0.5, 0.6) is 11.5 Å². The van der Waals surface area contributed by atoms with Crippen LogP contribution in [-0.2, 0) is 0 Å². The van der Waals surface area contributed by atoms with Gasteiger partial charge in [0.2, 0.25) is 0 Å². The van der Waals surface area contributed by atoms with Gasteiger partial charge in [-0.2, -0.15) is 0 Å². The van der Waals surface area contributed by atoms with E-state index in [1.54, 1.807) is 13.0 Å². The molecule has 0 saturated carbocycles. The van der Waals surface area contributed by atoms with E-state index in [1.165, 1.54) is 19.2 Å². The number of hydrogen-bond donors (Lipinski definition) is 4. The number of nitrogens with one attached hydrogen (secondary N) is 1. The van der Waals surface area contributed by atoms with Crippen LogP contribution in [0.25, 0.3) is 0 Å². The average molecular weight is 254 g/mol. The summed E-state index contributed by atoms with van der Waals surface area (Å²) in [7, 11) is 1.47. The number of carbonyl (C=O) groups is 1. The highest BCUT2D eigenvalue weighted by Gasteiger charge is 2.14. The van der Waals surface area contributed by atoms with Gasteiger partial charge in [-0.25, -0.2) is 0 Å². The Morgan fingerprint density at radius 3 is 2.72 bits per heavy atom. The van der Waals surface area contributed by atoms with Crippen LogP contribution in [0.1, 0.15) is 17.3 Å². The zero-order valence-corrected chi connectivity index (χ0v) is 10.4. The summed E-state index contributed by atoms with van der Waals surface area (Å²) in [5, 5.41) is 21.4. The number of phenols is 1. The molecule has 5 N–H and O–H groups in total. The van der Waals surface area contributed by atoms with Crippen LogP contribution in [0.15, 0.2) is 18.2 Å². The number of ether oxygens (including phenoxy) is 1. The fourth-order valence-electron chi connectivity index (χ4n) is 1.31. The lowest BCUT2D eigenvalue weighted by Crippen LogP contribution is -2.43. The quantitative estimate of drug-likeness (QED) is 0.584. The first kappa shape index (κ1) is 14.3. The summed E-state index contributed by atoms with van der Waals surface area (Å²) in [6, 6.07) is 3.83. The molecule has 1 aromatic rings. The first-order valence-electron chi connectivity index (χ1n) is 5.54. The number of aliphatic hydroxyl groups is 1. The fourth-order valence-corrected chi connectivity index (χ4v) is 1.31. The molecular formula is C12H18N2O4. The lowest BCUT2D eigenvalue weighted by Gasteiger charge is -2.15. The van der Waals surface area contributed by atoms with Crippen LogP contribution in [0, 0.1) is 0 Å². The summed E-state index contributed by atoms with van der Waals surface area (Å²) in [5.74, 6) is -0.159. The predicted molar refractivity (Wildman–Crippen MR) is 66.6 cm³/mol. The van der Waals surface area contributed by atoms with E-state index in [4.69, 9.17) is 10.5 Å². The Kier molecular flexibility index (Phi) is 4.94. The predicted octanol–water partition coefficient (Wildman–Crippen LogP) is -0.161. The van der Waals surface area contributed by atoms with Crippen molar-refractivity contribution in [2.45, 2.75) is 19.1 Å². The lowest BCUT2D eigenvalue weighted by molar-refractivity contribution is 0.0935. The normalized spacial score (nSPS) is 13.8. The molecule has 0 aliphatic heterocycles. The van der Waals surface area contributed by atoms with Gasteiger partial charge in [0.15, 0.2) is 0 Å². The van der Waals surface area contributed by atoms with Gasteiger partial charge >= 0.3 is 0 Å². The Hall–Kier alpha value is -1.79. The standard InChI is InChI=1S/C12H18N2O4/c1-7(15)10(13)6-14-12(17)9-4-3-8(18-2)5-11(9)16/h3-5,7,10,15-16H,6,13H2,1-2H3,(H,14,17). The number of benzene rings is 1. The van der Waals surface area contributed by atoms with Gasteiger partial charge < -0.3 is 26.0 Å². The molecule has 0 aliphatic carbocycles. The maximum atomic E-state index is 11.7. The number of amides is 1. The molecule has 6 heteroatoms. The molecule has 0 saturated heterocycles. The maximum absolute atomic E-state index is 11.7. The van der Waals surface area contributed by atoms with Crippen molar-refractivity contribution in [2.75, 3.05) is 13.7 Å². The molecule has 0 radical (unpaired) electrons. The highest BCUT2D eigenvalue weighted by atomic mass is 16.5. The number of carbonyl (C=O) groups excluding carboxylic acids is 1. The van der Waals surface area contributed by atoms with E-state index < -0.39 is 18.1 Å². The second-order valence-corrected chi connectivity index (χ2v) is 4.00. The summed E-state index contributed by atoms with van der Waals surface area (Å²) in [6.45, 7) is 1.67. The zero-order chi connectivity index (χ0) is 13.7. The molecule has 2 atom stereocenters. The SMILES string of the molecule is COc1ccc(C(=O)NCC(N)C(C)O)c(O)c1.